The highest BCUT2D eigenvalue weighted by Crippen LogP contribution is 2.44. The molecule has 0 radical (unpaired) electrons. The van der Waals surface area contributed by atoms with Crippen molar-refractivity contribution >= 4 is 23.2 Å². The van der Waals surface area contributed by atoms with E-state index < -0.39 is 0 Å². The number of allylic oxidation sites excluding steroid dienone is 3. The summed E-state index contributed by atoms with van der Waals surface area (Å²) in [6.45, 7) is 14.2. The molecule has 2 aromatic carbocycles. The van der Waals surface area contributed by atoms with Crippen LogP contribution in [0.15, 0.2) is 60.7 Å². The van der Waals surface area contributed by atoms with Crippen molar-refractivity contribution in [2.45, 2.75) is 52.9 Å². The predicted molar refractivity (Wildman–Crippen MR) is 139 cm³/mol. The molecule has 0 fully saturated rings. The summed E-state index contributed by atoms with van der Waals surface area (Å²) in [5, 5.41) is 0. The first-order valence-electron chi connectivity index (χ1n) is 12.0. The standard InChI is InChI=1S/C29H39N2O/c1-7-11-20-29(5)26-22-25(32-6)17-18-27(26)31(21-8-2)28(29)19-14-23-12-15-24(16-13-23)30(9-3)10-4/h7,11-19,22H,8-10,20-21H2,1-6H3/q+1/b11-7+. The molecule has 3 nitrogen and oxygen atoms in total. The Labute approximate surface area is 194 Å². The number of nitrogens with zero attached hydrogens (tertiary/aromatic N) is 2. The average molecular weight is 432 g/mol. The fourth-order valence-electron chi connectivity index (χ4n) is 4.75. The minimum Gasteiger partial charge on any atom is -0.497 e. The van der Waals surface area contributed by atoms with E-state index in [-0.39, 0.29) is 5.41 Å². The van der Waals surface area contributed by atoms with E-state index >= 15 is 0 Å². The van der Waals surface area contributed by atoms with E-state index in [9.17, 15) is 0 Å². The van der Waals surface area contributed by atoms with Crippen LogP contribution in [0, 0.1) is 0 Å². The van der Waals surface area contributed by atoms with Crippen molar-refractivity contribution < 1.29 is 9.31 Å². The molecule has 0 aromatic heterocycles. The second-order valence-corrected chi connectivity index (χ2v) is 8.62. The molecule has 3 rings (SSSR count). The zero-order valence-electron chi connectivity index (χ0n) is 20.7. The van der Waals surface area contributed by atoms with Crippen LogP contribution in [0.5, 0.6) is 5.75 Å². The van der Waals surface area contributed by atoms with Crippen molar-refractivity contribution in [2.75, 3.05) is 31.6 Å². The normalized spacial score (nSPS) is 18.1. The molecule has 0 N–H and O–H groups in total. The number of hydrogen-bond acceptors (Lipinski definition) is 2. The highest BCUT2D eigenvalue weighted by molar-refractivity contribution is 6.05. The molecule has 170 valence electrons. The van der Waals surface area contributed by atoms with Gasteiger partial charge in [-0.3, -0.25) is 0 Å². The van der Waals surface area contributed by atoms with E-state index in [1.807, 2.05) is 0 Å². The van der Waals surface area contributed by atoms with Crippen molar-refractivity contribution in [2.24, 2.45) is 0 Å². The van der Waals surface area contributed by atoms with Crippen molar-refractivity contribution in [3.05, 3.63) is 71.8 Å². The Bertz CT molecular complexity index is 996. The fourth-order valence-corrected chi connectivity index (χ4v) is 4.75. The van der Waals surface area contributed by atoms with Gasteiger partial charge < -0.3 is 9.64 Å². The topological polar surface area (TPSA) is 15.5 Å². The lowest BCUT2D eigenvalue weighted by Gasteiger charge is -2.21. The molecule has 1 unspecified atom stereocenters. The Balaban J connectivity index is 2.03. The van der Waals surface area contributed by atoms with Gasteiger partial charge in [-0.05, 0) is 70.0 Å². The second-order valence-electron chi connectivity index (χ2n) is 8.62. The van der Waals surface area contributed by atoms with Crippen molar-refractivity contribution in [3.63, 3.8) is 0 Å². The quantitative estimate of drug-likeness (QED) is 0.298. The van der Waals surface area contributed by atoms with Crippen LogP contribution in [-0.4, -0.2) is 37.0 Å². The van der Waals surface area contributed by atoms with Crippen LogP contribution in [-0.2, 0) is 5.41 Å². The summed E-state index contributed by atoms with van der Waals surface area (Å²) in [4.78, 5) is 2.38. The maximum absolute atomic E-state index is 5.58. The minimum atomic E-state index is -0.0940. The van der Waals surface area contributed by atoms with E-state index in [4.69, 9.17) is 4.74 Å². The number of benzene rings is 2. The summed E-state index contributed by atoms with van der Waals surface area (Å²) in [5.41, 5.74) is 6.42. The Kier molecular flexibility index (Phi) is 7.95. The highest BCUT2D eigenvalue weighted by Gasteiger charge is 2.47. The summed E-state index contributed by atoms with van der Waals surface area (Å²) in [6.07, 6.45) is 11.1. The molecule has 0 saturated heterocycles. The number of rotatable bonds is 10. The van der Waals surface area contributed by atoms with Crippen LogP contribution in [0.3, 0.4) is 0 Å². The van der Waals surface area contributed by atoms with Gasteiger partial charge in [0.05, 0.1) is 12.5 Å². The molecule has 0 aliphatic carbocycles. The Hall–Kier alpha value is -2.81. The third-order valence-corrected chi connectivity index (χ3v) is 6.61. The molecule has 2 aromatic rings. The number of fused-ring (bicyclic) bond motifs is 1. The van der Waals surface area contributed by atoms with Gasteiger partial charge in [0.2, 0.25) is 5.69 Å². The van der Waals surface area contributed by atoms with Crippen LogP contribution in [0.4, 0.5) is 11.4 Å². The minimum absolute atomic E-state index is 0.0940. The summed E-state index contributed by atoms with van der Waals surface area (Å²) >= 11 is 0. The molecule has 0 spiro atoms. The van der Waals surface area contributed by atoms with Gasteiger partial charge in [0.25, 0.3) is 0 Å². The third-order valence-electron chi connectivity index (χ3n) is 6.61. The number of methoxy groups -OCH3 is 1. The van der Waals surface area contributed by atoms with Gasteiger partial charge in [-0.25, -0.2) is 0 Å². The van der Waals surface area contributed by atoms with Gasteiger partial charge in [-0.2, -0.15) is 4.58 Å². The van der Waals surface area contributed by atoms with E-state index in [1.54, 1.807) is 7.11 Å². The zero-order valence-corrected chi connectivity index (χ0v) is 20.7. The van der Waals surface area contributed by atoms with Gasteiger partial charge in [0.1, 0.15) is 12.3 Å². The summed E-state index contributed by atoms with van der Waals surface area (Å²) < 4.78 is 8.08. The largest absolute Gasteiger partial charge is 0.497 e. The second kappa shape index (κ2) is 10.7. The number of ether oxygens (including phenoxy) is 1. The van der Waals surface area contributed by atoms with E-state index in [2.05, 4.69) is 111 Å². The Morgan fingerprint density at radius 2 is 1.72 bits per heavy atom. The smallest absolute Gasteiger partial charge is 0.210 e. The average Bonchev–Trinajstić information content (AvgIpc) is 3.05. The van der Waals surface area contributed by atoms with Gasteiger partial charge >= 0.3 is 0 Å². The molecule has 3 heteroatoms. The third kappa shape index (κ3) is 4.67. The van der Waals surface area contributed by atoms with Crippen LogP contribution in [0.1, 0.15) is 58.6 Å². The van der Waals surface area contributed by atoms with Crippen LogP contribution < -0.4 is 9.64 Å². The first kappa shape index (κ1) is 23.8. The van der Waals surface area contributed by atoms with Crippen molar-refractivity contribution in [3.8, 4) is 5.75 Å². The van der Waals surface area contributed by atoms with E-state index in [0.717, 1.165) is 38.2 Å². The monoisotopic (exact) mass is 431 g/mol. The molecular formula is C29H39N2O+. The van der Waals surface area contributed by atoms with Crippen LogP contribution in [0.25, 0.3) is 6.08 Å². The molecule has 32 heavy (non-hydrogen) atoms. The summed E-state index contributed by atoms with van der Waals surface area (Å²) in [6, 6.07) is 15.4. The van der Waals surface area contributed by atoms with E-state index in [1.165, 1.54) is 28.2 Å². The molecule has 0 saturated carbocycles. The maximum Gasteiger partial charge on any atom is 0.210 e. The van der Waals surface area contributed by atoms with Gasteiger partial charge in [0, 0.05) is 42.9 Å². The first-order valence-corrected chi connectivity index (χ1v) is 12.0. The lowest BCUT2D eigenvalue weighted by molar-refractivity contribution is -0.437. The molecular weight excluding hydrogens is 392 g/mol. The van der Waals surface area contributed by atoms with Crippen molar-refractivity contribution in [1.29, 1.82) is 0 Å². The predicted octanol–water partition coefficient (Wildman–Crippen LogP) is 6.99. The van der Waals surface area contributed by atoms with Gasteiger partial charge in [0.15, 0.2) is 5.71 Å². The summed E-state index contributed by atoms with van der Waals surface area (Å²) in [5.74, 6) is 0.920. The maximum atomic E-state index is 5.58. The lowest BCUT2D eigenvalue weighted by Crippen LogP contribution is -2.31. The lowest BCUT2D eigenvalue weighted by atomic mass is 9.76. The van der Waals surface area contributed by atoms with Crippen molar-refractivity contribution in [1.82, 2.24) is 0 Å². The molecule has 1 aliphatic heterocycles. The molecule has 1 heterocycles. The van der Waals surface area contributed by atoms with Crippen LogP contribution >= 0.6 is 0 Å². The van der Waals surface area contributed by atoms with Crippen LogP contribution in [0.2, 0.25) is 0 Å². The SMILES string of the molecule is C/C=C/CC1(C)C(/C=C/c2ccc(N(CC)CC)cc2)=[N+](CCC)c2ccc(OC)cc21. The molecule has 0 amide bonds. The van der Waals surface area contributed by atoms with E-state index in [0.29, 0.717) is 0 Å². The fraction of sp³-hybridized carbons (Fsp3) is 0.414. The first-order chi connectivity index (χ1) is 15.5. The van der Waals surface area contributed by atoms with Gasteiger partial charge in [-0.1, -0.05) is 31.2 Å². The molecule has 0 bridgehead atoms. The number of hydrogen-bond donors (Lipinski definition) is 0. The number of anilines is 1. The highest BCUT2D eigenvalue weighted by atomic mass is 16.5. The zero-order chi connectivity index (χ0) is 23.1. The van der Waals surface area contributed by atoms with Gasteiger partial charge in [-0.15, -0.1) is 0 Å². The molecule has 1 aliphatic rings. The Morgan fingerprint density at radius 1 is 1.00 bits per heavy atom. The Morgan fingerprint density at radius 3 is 2.31 bits per heavy atom. The molecule has 1 atom stereocenters. The summed E-state index contributed by atoms with van der Waals surface area (Å²) in [7, 11) is 1.75.